The quantitative estimate of drug-likeness (QED) is 0.838. The largest absolute Gasteiger partial charge is 0.497 e. The van der Waals surface area contributed by atoms with Gasteiger partial charge in [0.2, 0.25) is 5.91 Å². The van der Waals surface area contributed by atoms with Crippen LogP contribution in [0, 0.1) is 6.92 Å². The summed E-state index contributed by atoms with van der Waals surface area (Å²) in [6.45, 7) is 2.26. The second-order valence-corrected chi connectivity index (χ2v) is 6.67. The predicted octanol–water partition coefficient (Wildman–Crippen LogP) is 1.91. The molecule has 0 spiro atoms. The zero-order valence-electron chi connectivity index (χ0n) is 13.6. The summed E-state index contributed by atoms with van der Waals surface area (Å²) in [6, 6.07) is 8.92. The van der Waals surface area contributed by atoms with E-state index in [1.165, 1.54) is 17.8 Å². The molecule has 1 amide bonds. The van der Waals surface area contributed by atoms with E-state index >= 15 is 0 Å². The summed E-state index contributed by atoms with van der Waals surface area (Å²) in [5.41, 5.74) is 1.62. The molecule has 0 bridgehead atoms. The van der Waals surface area contributed by atoms with Gasteiger partial charge in [-0.1, -0.05) is 23.9 Å². The number of fused-ring (bicyclic) bond motifs is 1. The number of aromatic nitrogens is 2. The Balaban J connectivity index is 1.59. The number of amides is 1. The first-order valence-electron chi connectivity index (χ1n) is 7.69. The minimum Gasteiger partial charge on any atom is -0.497 e. The number of thioether (sulfide) groups is 1. The molecule has 24 heavy (non-hydrogen) atoms. The van der Waals surface area contributed by atoms with Gasteiger partial charge in [0, 0.05) is 30.5 Å². The van der Waals surface area contributed by atoms with Gasteiger partial charge in [0.15, 0.2) is 5.16 Å². The van der Waals surface area contributed by atoms with Gasteiger partial charge < -0.3 is 10.1 Å². The number of methoxy groups -OCH3 is 1. The third kappa shape index (κ3) is 3.62. The minimum absolute atomic E-state index is 0.0725. The van der Waals surface area contributed by atoms with Gasteiger partial charge in [-0.3, -0.25) is 14.2 Å². The van der Waals surface area contributed by atoms with Crippen LogP contribution in [-0.4, -0.2) is 28.3 Å². The smallest absolute Gasteiger partial charge is 0.254 e. The Morgan fingerprint density at radius 3 is 2.88 bits per heavy atom. The number of ether oxygens (including phenoxy) is 1. The Kier molecular flexibility index (Phi) is 4.89. The zero-order chi connectivity index (χ0) is 17.1. The van der Waals surface area contributed by atoms with Crippen LogP contribution in [0.3, 0.4) is 0 Å². The van der Waals surface area contributed by atoms with Crippen LogP contribution in [0.5, 0.6) is 5.75 Å². The van der Waals surface area contributed by atoms with Gasteiger partial charge in [0.25, 0.3) is 5.56 Å². The van der Waals surface area contributed by atoms with Crippen LogP contribution in [0.2, 0.25) is 0 Å². The summed E-state index contributed by atoms with van der Waals surface area (Å²) in [6.07, 6.45) is 0.279. The first-order valence-corrected chi connectivity index (χ1v) is 8.68. The fourth-order valence-electron chi connectivity index (χ4n) is 2.64. The SMILES string of the molecule is COc1ccc(CNC(=O)CC2CSc3nc(C)cc(=O)n32)cc1. The number of carbonyl (C=O) groups excluding carboxylic acids is 1. The van der Waals surface area contributed by atoms with Gasteiger partial charge in [-0.2, -0.15) is 0 Å². The maximum Gasteiger partial charge on any atom is 0.254 e. The molecule has 1 aliphatic rings. The van der Waals surface area contributed by atoms with Crippen molar-refractivity contribution in [3.05, 3.63) is 51.9 Å². The molecule has 0 saturated carbocycles. The molecule has 1 N–H and O–H groups in total. The molecule has 1 unspecified atom stereocenters. The average Bonchev–Trinajstić information content (AvgIpc) is 2.96. The van der Waals surface area contributed by atoms with Crippen molar-refractivity contribution in [2.24, 2.45) is 0 Å². The fourth-order valence-corrected chi connectivity index (χ4v) is 3.84. The van der Waals surface area contributed by atoms with E-state index in [1.54, 1.807) is 18.6 Å². The second-order valence-electron chi connectivity index (χ2n) is 5.68. The monoisotopic (exact) mass is 345 g/mol. The summed E-state index contributed by atoms with van der Waals surface area (Å²) in [5, 5.41) is 3.60. The Morgan fingerprint density at radius 1 is 1.42 bits per heavy atom. The van der Waals surface area contributed by atoms with Crippen LogP contribution in [0.25, 0.3) is 0 Å². The van der Waals surface area contributed by atoms with E-state index in [-0.39, 0.29) is 23.9 Å². The number of carbonyl (C=O) groups is 1. The minimum atomic E-state index is -0.138. The molecule has 1 aliphatic heterocycles. The van der Waals surface area contributed by atoms with Crippen molar-refractivity contribution in [2.45, 2.75) is 31.1 Å². The Hall–Kier alpha value is -2.28. The molecule has 0 aliphatic carbocycles. The second kappa shape index (κ2) is 7.09. The number of rotatable bonds is 5. The van der Waals surface area contributed by atoms with Crippen LogP contribution in [-0.2, 0) is 11.3 Å². The van der Waals surface area contributed by atoms with Gasteiger partial charge in [-0.25, -0.2) is 4.98 Å². The highest BCUT2D eigenvalue weighted by molar-refractivity contribution is 7.99. The molecule has 2 aromatic rings. The standard InChI is InChI=1S/C17H19N3O3S/c1-11-7-16(22)20-13(10-24-17(20)19-11)8-15(21)18-9-12-3-5-14(23-2)6-4-12/h3-7,13H,8-10H2,1-2H3,(H,18,21). The van der Waals surface area contributed by atoms with E-state index in [9.17, 15) is 9.59 Å². The molecule has 2 heterocycles. The maximum absolute atomic E-state index is 12.2. The zero-order valence-corrected chi connectivity index (χ0v) is 14.4. The van der Waals surface area contributed by atoms with Gasteiger partial charge in [0.1, 0.15) is 5.75 Å². The van der Waals surface area contributed by atoms with Crippen molar-refractivity contribution in [3.63, 3.8) is 0 Å². The maximum atomic E-state index is 12.2. The van der Waals surface area contributed by atoms with E-state index in [0.29, 0.717) is 23.1 Å². The third-order valence-corrected chi connectivity index (χ3v) is 4.99. The molecule has 0 fully saturated rings. The summed E-state index contributed by atoms with van der Waals surface area (Å²) < 4.78 is 6.74. The van der Waals surface area contributed by atoms with Crippen LogP contribution < -0.4 is 15.6 Å². The number of benzene rings is 1. The fraction of sp³-hybridized carbons (Fsp3) is 0.353. The third-order valence-electron chi connectivity index (χ3n) is 3.89. The van der Waals surface area contributed by atoms with Crippen molar-refractivity contribution >= 4 is 17.7 Å². The van der Waals surface area contributed by atoms with Crippen molar-refractivity contribution in [1.29, 1.82) is 0 Å². The normalized spacial score (nSPS) is 15.8. The Labute approximate surface area is 144 Å². The number of hydrogen-bond acceptors (Lipinski definition) is 5. The molecule has 1 aromatic carbocycles. The Morgan fingerprint density at radius 2 is 2.17 bits per heavy atom. The number of nitrogens with zero attached hydrogens (tertiary/aromatic N) is 2. The van der Waals surface area contributed by atoms with Crippen LogP contribution >= 0.6 is 11.8 Å². The molecule has 3 rings (SSSR count). The van der Waals surface area contributed by atoms with E-state index in [4.69, 9.17) is 4.74 Å². The Bertz CT molecular complexity index is 802. The molecule has 1 aromatic heterocycles. The predicted molar refractivity (Wildman–Crippen MR) is 92.5 cm³/mol. The van der Waals surface area contributed by atoms with Gasteiger partial charge in [0.05, 0.1) is 13.2 Å². The summed E-state index contributed by atoms with van der Waals surface area (Å²) in [7, 11) is 1.62. The van der Waals surface area contributed by atoms with Crippen LogP contribution in [0.4, 0.5) is 0 Å². The van der Waals surface area contributed by atoms with Crippen molar-refractivity contribution in [1.82, 2.24) is 14.9 Å². The highest BCUT2D eigenvalue weighted by atomic mass is 32.2. The number of nitrogens with one attached hydrogen (secondary N) is 1. The van der Waals surface area contributed by atoms with E-state index in [1.807, 2.05) is 24.3 Å². The lowest BCUT2D eigenvalue weighted by atomic mass is 10.2. The van der Waals surface area contributed by atoms with Crippen molar-refractivity contribution < 1.29 is 9.53 Å². The molecule has 0 saturated heterocycles. The van der Waals surface area contributed by atoms with E-state index in [0.717, 1.165) is 11.3 Å². The van der Waals surface area contributed by atoms with Gasteiger partial charge >= 0.3 is 0 Å². The molecular formula is C17H19N3O3S. The molecular weight excluding hydrogens is 326 g/mol. The summed E-state index contributed by atoms with van der Waals surface area (Å²) in [5.74, 6) is 1.41. The lowest BCUT2D eigenvalue weighted by Gasteiger charge is -2.13. The lowest BCUT2D eigenvalue weighted by molar-refractivity contribution is -0.121. The number of hydrogen-bond donors (Lipinski definition) is 1. The van der Waals surface area contributed by atoms with Gasteiger partial charge in [-0.15, -0.1) is 0 Å². The van der Waals surface area contributed by atoms with E-state index < -0.39 is 0 Å². The first-order chi connectivity index (χ1) is 11.6. The van der Waals surface area contributed by atoms with Gasteiger partial charge in [-0.05, 0) is 24.6 Å². The highest BCUT2D eigenvalue weighted by Crippen LogP contribution is 2.31. The van der Waals surface area contributed by atoms with Crippen molar-refractivity contribution in [2.75, 3.05) is 12.9 Å². The topological polar surface area (TPSA) is 73.2 Å². The molecule has 7 heteroatoms. The molecule has 6 nitrogen and oxygen atoms in total. The molecule has 1 atom stereocenters. The van der Waals surface area contributed by atoms with Crippen LogP contribution in [0.1, 0.15) is 23.7 Å². The summed E-state index contributed by atoms with van der Waals surface area (Å²) in [4.78, 5) is 28.7. The lowest BCUT2D eigenvalue weighted by Crippen LogP contribution is -2.30. The number of aryl methyl sites for hydroxylation is 1. The summed E-state index contributed by atoms with van der Waals surface area (Å²) >= 11 is 1.52. The average molecular weight is 345 g/mol. The van der Waals surface area contributed by atoms with E-state index in [2.05, 4.69) is 10.3 Å². The molecule has 126 valence electrons. The first kappa shape index (κ1) is 16.6. The van der Waals surface area contributed by atoms with Crippen molar-refractivity contribution in [3.8, 4) is 5.75 Å². The highest BCUT2D eigenvalue weighted by Gasteiger charge is 2.27. The van der Waals surface area contributed by atoms with Crippen LogP contribution in [0.15, 0.2) is 40.3 Å². The molecule has 0 radical (unpaired) electrons.